The maximum atomic E-state index is 6.35. The van der Waals surface area contributed by atoms with Gasteiger partial charge in [-0.3, -0.25) is 4.68 Å². The summed E-state index contributed by atoms with van der Waals surface area (Å²) >= 11 is 6.07. The lowest BCUT2D eigenvalue weighted by atomic mass is 10.00. The number of hydrogen-bond acceptors (Lipinski definition) is 2. The van der Waals surface area contributed by atoms with Crippen molar-refractivity contribution in [2.45, 2.75) is 19.4 Å². The van der Waals surface area contributed by atoms with Gasteiger partial charge in [-0.15, -0.1) is 0 Å². The van der Waals surface area contributed by atoms with E-state index >= 15 is 0 Å². The minimum absolute atomic E-state index is 0.0840. The van der Waals surface area contributed by atoms with Crippen LogP contribution in [-0.4, -0.2) is 9.78 Å². The number of fused-ring (bicyclic) bond motifs is 1. The molecule has 0 saturated carbocycles. The van der Waals surface area contributed by atoms with Crippen LogP contribution in [0.2, 0.25) is 5.02 Å². The first kappa shape index (κ1) is 14.1. The summed E-state index contributed by atoms with van der Waals surface area (Å²) in [5.74, 6) is 0. The summed E-state index contributed by atoms with van der Waals surface area (Å²) < 4.78 is 1.91. The summed E-state index contributed by atoms with van der Waals surface area (Å²) in [6, 6.07) is 14.1. The van der Waals surface area contributed by atoms with Crippen LogP contribution in [0.1, 0.15) is 22.9 Å². The standard InChI is InChI=1S/C17H18ClN3/c1-11-9-12(7-8-14(11)18)15(19)10-16-13-5-3-4-6-17(13)21(2)20-16/h3-9,15H,10,19H2,1-2H3. The first-order chi connectivity index (χ1) is 10.1. The lowest BCUT2D eigenvalue weighted by Gasteiger charge is -2.12. The van der Waals surface area contributed by atoms with Crippen molar-refractivity contribution in [3.63, 3.8) is 0 Å². The summed E-state index contributed by atoms with van der Waals surface area (Å²) in [4.78, 5) is 0. The molecule has 1 aromatic heterocycles. The van der Waals surface area contributed by atoms with Gasteiger partial charge in [-0.1, -0.05) is 41.9 Å². The predicted octanol–water partition coefficient (Wildman–Crippen LogP) is 3.78. The fourth-order valence-corrected chi connectivity index (χ4v) is 2.78. The molecule has 2 aromatic carbocycles. The third-order valence-corrected chi connectivity index (χ3v) is 4.28. The molecular formula is C17H18ClN3. The summed E-state index contributed by atoms with van der Waals surface area (Å²) in [5.41, 5.74) is 10.7. The van der Waals surface area contributed by atoms with Crippen LogP contribution in [0.25, 0.3) is 10.9 Å². The molecule has 0 amide bonds. The molecule has 3 aromatic rings. The monoisotopic (exact) mass is 299 g/mol. The van der Waals surface area contributed by atoms with Gasteiger partial charge < -0.3 is 5.73 Å². The SMILES string of the molecule is Cc1cc(C(N)Cc2nn(C)c3ccccc23)ccc1Cl. The van der Waals surface area contributed by atoms with Gasteiger partial charge in [-0.25, -0.2) is 0 Å². The van der Waals surface area contributed by atoms with Gasteiger partial charge in [0.15, 0.2) is 0 Å². The molecule has 1 atom stereocenters. The molecule has 0 fully saturated rings. The van der Waals surface area contributed by atoms with Gasteiger partial charge in [0.25, 0.3) is 0 Å². The fraction of sp³-hybridized carbons (Fsp3) is 0.235. The Kier molecular flexibility index (Phi) is 3.70. The second-order valence-corrected chi connectivity index (χ2v) is 5.81. The maximum Gasteiger partial charge on any atom is 0.0722 e. The van der Waals surface area contributed by atoms with E-state index in [1.807, 2.05) is 42.9 Å². The smallest absolute Gasteiger partial charge is 0.0722 e. The van der Waals surface area contributed by atoms with Crippen molar-refractivity contribution >= 4 is 22.5 Å². The zero-order chi connectivity index (χ0) is 15.0. The van der Waals surface area contributed by atoms with E-state index in [1.165, 1.54) is 5.39 Å². The Bertz CT molecular complexity index is 792. The molecule has 0 bridgehead atoms. The van der Waals surface area contributed by atoms with Crippen LogP contribution in [0.5, 0.6) is 0 Å². The summed E-state index contributed by atoms with van der Waals surface area (Å²) in [5, 5.41) is 6.55. The van der Waals surface area contributed by atoms with E-state index in [0.717, 1.165) is 27.4 Å². The number of benzene rings is 2. The minimum atomic E-state index is -0.0840. The number of nitrogens with two attached hydrogens (primary N) is 1. The predicted molar refractivity (Wildman–Crippen MR) is 87.5 cm³/mol. The van der Waals surface area contributed by atoms with Gasteiger partial charge in [0.05, 0.1) is 11.2 Å². The Morgan fingerprint density at radius 2 is 2.00 bits per heavy atom. The summed E-state index contributed by atoms with van der Waals surface area (Å²) in [6.45, 7) is 1.99. The van der Waals surface area contributed by atoms with E-state index in [9.17, 15) is 0 Å². The van der Waals surface area contributed by atoms with Crippen molar-refractivity contribution in [1.29, 1.82) is 0 Å². The van der Waals surface area contributed by atoms with Crippen LogP contribution in [0.15, 0.2) is 42.5 Å². The molecule has 3 rings (SSSR count). The van der Waals surface area contributed by atoms with E-state index in [-0.39, 0.29) is 6.04 Å². The molecule has 4 heteroatoms. The number of aryl methyl sites for hydroxylation is 2. The Morgan fingerprint density at radius 1 is 1.24 bits per heavy atom. The second kappa shape index (κ2) is 5.51. The molecule has 108 valence electrons. The maximum absolute atomic E-state index is 6.35. The van der Waals surface area contributed by atoms with Crippen molar-refractivity contribution in [1.82, 2.24) is 9.78 Å². The highest BCUT2D eigenvalue weighted by atomic mass is 35.5. The third kappa shape index (κ3) is 2.67. The molecular weight excluding hydrogens is 282 g/mol. The van der Waals surface area contributed by atoms with E-state index < -0.39 is 0 Å². The second-order valence-electron chi connectivity index (χ2n) is 5.41. The quantitative estimate of drug-likeness (QED) is 0.800. The normalized spacial score (nSPS) is 12.8. The topological polar surface area (TPSA) is 43.8 Å². The van der Waals surface area contributed by atoms with Crippen LogP contribution in [0.4, 0.5) is 0 Å². The lowest BCUT2D eigenvalue weighted by Crippen LogP contribution is -2.14. The zero-order valence-electron chi connectivity index (χ0n) is 12.2. The third-order valence-electron chi connectivity index (χ3n) is 3.86. The summed E-state index contributed by atoms with van der Waals surface area (Å²) in [6.07, 6.45) is 0.711. The van der Waals surface area contributed by atoms with Gasteiger partial charge >= 0.3 is 0 Å². The fourth-order valence-electron chi connectivity index (χ4n) is 2.66. The molecule has 1 unspecified atom stereocenters. The van der Waals surface area contributed by atoms with Gasteiger partial charge in [-0.05, 0) is 30.2 Å². The van der Waals surface area contributed by atoms with Crippen LogP contribution in [0, 0.1) is 6.92 Å². The van der Waals surface area contributed by atoms with Gasteiger partial charge in [0.2, 0.25) is 0 Å². The first-order valence-electron chi connectivity index (χ1n) is 6.98. The van der Waals surface area contributed by atoms with Crippen molar-refractivity contribution in [2.24, 2.45) is 12.8 Å². The highest BCUT2D eigenvalue weighted by Gasteiger charge is 2.14. The van der Waals surface area contributed by atoms with Gasteiger partial charge in [-0.2, -0.15) is 5.10 Å². The molecule has 0 radical (unpaired) electrons. The van der Waals surface area contributed by atoms with E-state index in [1.54, 1.807) is 0 Å². The Labute approximate surface area is 129 Å². The van der Waals surface area contributed by atoms with Crippen LogP contribution in [-0.2, 0) is 13.5 Å². The van der Waals surface area contributed by atoms with Crippen molar-refractivity contribution in [3.05, 3.63) is 64.3 Å². The van der Waals surface area contributed by atoms with Gasteiger partial charge in [0, 0.05) is 29.9 Å². The number of hydrogen-bond donors (Lipinski definition) is 1. The lowest BCUT2D eigenvalue weighted by molar-refractivity contribution is 0.682. The van der Waals surface area contributed by atoms with Crippen molar-refractivity contribution in [3.8, 4) is 0 Å². The van der Waals surface area contributed by atoms with Crippen LogP contribution >= 0.6 is 11.6 Å². The molecule has 21 heavy (non-hydrogen) atoms. The number of nitrogens with zero attached hydrogens (tertiary/aromatic N) is 2. The number of rotatable bonds is 3. The Hall–Kier alpha value is -1.84. The van der Waals surface area contributed by atoms with Crippen LogP contribution < -0.4 is 5.73 Å². The molecule has 0 aliphatic heterocycles. The largest absolute Gasteiger partial charge is 0.324 e. The zero-order valence-corrected chi connectivity index (χ0v) is 12.9. The summed E-state index contributed by atoms with van der Waals surface area (Å²) in [7, 11) is 1.96. The molecule has 0 saturated heterocycles. The number of aromatic nitrogens is 2. The molecule has 0 aliphatic carbocycles. The average Bonchev–Trinajstić information content (AvgIpc) is 2.79. The molecule has 0 spiro atoms. The van der Waals surface area contributed by atoms with E-state index in [0.29, 0.717) is 6.42 Å². The molecule has 3 nitrogen and oxygen atoms in total. The Morgan fingerprint density at radius 3 is 2.76 bits per heavy atom. The van der Waals surface area contributed by atoms with Crippen LogP contribution in [0.3, 0.4) is 0 Å². The Balaban J connectivity index is 1.92. The number of halogens is 1. The van der Waals surface area contributed by atoms with E-state index in [4.69, 9.17) is 17.3 Å². The molecule has 1 heterocycles. The van der Waals surface area contributed by atoms with Crippen molar-refractivity contribution < 1.29 is 0 Å². The van der Waals surface area contributed by atoms with E-state index in [2.05, 4.69) is 23.3 Å². The molecule has 2 N–H and O–H groups in total. The minimum Gasteiger partial charge on any atom is -0.324 e. The first-order valence-corrected chi connectivity index (χ1v) is 7.36. The number of para-hydroxylation sites is 1. The molecule has 0 aliphatic rings. The van der Waals surface area contributed by atoms with Crippen molar-refractivity contribution in [2.75, 3.05) is 0 Å². The van der Waals surface area contributed by atoms with Gasteiger partial charge in [0.1, 0.15) is 0 Å². The average molecular weight is 300 g/mol. The highest BCUT2D eigenvalue weighted by Crippen LogP contribution is 2.25. The highest BCUT2D eigenvalue weighted by molar-refractivity contribution is 6.31.